The molecular formula is C17H23NO4. The summed E-state index contributed by atoms with van der Waals surface area (Å²) in [6.45, 7) is 3.18. The van der Waals surface area contributed by atoms with Gasteiger partial charge in [-0.05, 0) is 43.0 Å². The molecule has 0 bridgehead atoms. The van der Waals surface area contributed by atoms with Crippen molar-refractivity contribution in [2.45, 2.75) is 38.7 Å². The zero-order valence-corrected chi connectivity index (χ0v) is 12.9. The summed E-state index contributed by atoms with van der Waals surface area (Å²) in [7, 11) is 0. The van der Waals surface area contributed by atoms with E-state index in [2.05, 4.69) is 12.2 Å². The van der Waals surface area contributed by atoms with Crippen LogP contribution < -0.4 is 5.32 Å². The van der Waals surface area contributed by atoms with Crippen molar-refractivity contribution in [2.75, 3.05) is 13.2 Å². The highest BCUT2D eigenvalue weighted by Crippen LogP contribution is 2.25. The van der Waals surface area contributed by atoms with Crippen LogP contribution in [0.4, 0.5) is 0 Å². The Balaban J connectivity index is 1.72. The smallest absolute Gasteiger partial charge is 0.335 e. The number of carboxylic acid groups (broad SMARTS) is 1. The number of ether oxygens (including phenoxy) is 1. The first kappa shape index (κ1) is 16.5. The number of benzene rings is 1. The highest BCUT2D eigenvalue weighted by molar-refractivity contribution is 5.95. The lowest BCUT2D eigenvalue weighted by molar-refractivity contribution is -0.00293. The van der Waals surface area contributed by atoms with Gasteiger partial charge >= 0.3 is 5.97 Å². The van der Waals surface area contributed by atoms with Crippen LogP contribution in [0.3, 0.4) is 0 Å². The minimum Gasteiger partial charge on any atom is -0.478 e. The van der Waals surface area contributed by atoms with Crippen LogP contribution in [0.15, 0.2) is 24.3 Å². The fourth-order valence-electron chi connectivity index (χ4n) is 2.77. The summed E-state index contributed by atoms with van der Waals surface area (Å²) in [5, 5.41) is 11.6. The summed E-state index contributed by atoms with van der Waals surface area (Å²) in [5.74, 6) is -0.618. The number of carbonyl (C=O) groups excluding carboxylic acids is 1. The molecule has 2 unspecified atom stereocenters. The highest BCUT2D eigenvalue weighted by Gasteiger charge is 2.21. The molecule has 0 spiro atoms. The van der Waals surface area contributed by atoms with Crippen molar-refractivity contribution in [3.8, 4) is 0 Å². The second kappa shape index (κ2) is 7.94. The van der Waals surface area contributed by atoms with E-state index in [1.165, 1.54) is 43.5 Å². The number of carboxylic acids is 1. The average Bonchev–Trinajstić information content (AvgIpc) is 2.53. The molecule has 22 heavy (non-hydrogen) atoms. The first-order chi connectivity index (χ1) is 10.6. The van der Waals surface area contributed by atoms with E-state index < -0.39 is 5.97 Å². The highest BCUT2D eigenvalue weighted by atomic mass is 16.5. The lowest BCUT2D eigenvalue weighted by Gasteiger charge is -2.28. The molecule has 1 aliphatic carbocycles. The van der Waals surface area contributed by atoms with Gasteiger partial charge in [0.2, 0.25) is 0 Å². The Hall–Kier alpha value is -1.88. The van der Waals surface area contributed by atoms with Gasteiger partial charge in [0, 0.05) is 12.1 Å². The monoisotopic (exact) mass is 305 g/mol. The maximum absolute atomic E-state index is 11.9. The summed E-state index contributed by atoms with van der Waals surface area (Å²) >= 11 is 0. The van der Waals surface area contributed by atoms with Gasteiger partial charge in [0.05, 0.1) is 18.3 Å². The molecule has 2 rings (SSSR count). The minimum atomic E-state index is -0.998. The van der Waals surface area contributed by atoms with Crippen LogP contribution in [-0.4, -0.2) is 36.2 Å². The van der Waals surface area contributed by atoms with Gasteiger partial charge in [-0.25, -0.2) is 4.79 Å². The van der Waals surface area contributed by atoms with Gasteiger partial charge in [0.25, 0.3) is 5.91 Å². The summed E-state index contributed by atoms with van der Waals surface area (Å²) in [4.78, 5) is 22.7. The normalized spacial score (nSPS) is 21.3. The predicted molar refractivity (Wildman–Crippen MR) is 83.1 cm³/mol. The van der Waals surface area contributed by atoms with E-state index in [1.807, 2.05) is 0 Å². The van der Waals surface area contributed by atoms with Crippen molar-refractivity contribution >= 4 is 11.9 Å². The Labute approximate surface area is 130 Å². The number of aromatic carboxylic acids is 1. The van der Waals surface area contributed by atoms with Crippen LogP contribution >= 0.6 is 0 Å². The van der Waals surface area contributed by atoms with Crippen molar-refractivity contribution < 1.29 is 19.4 Å². The topological polar surface area (TPSA) is 75.6 Å². The fraction of sp³-hybridized carbons (Fsp3) is 0.529. The van der Waals surface area contributed by atoms with Gasteiger partial charge in [-0.2, -0.15) is 0 Å². The van der Waals surface area contributed by atoms with Crippen LogP contribution in [0.1, 0.15) is 53.3 Å². The van der Waals surface area contributed by atoms with Crippen molar-refractivity contribution in [3.05, 3.63) is 35.4 Å². The Bertz CT molecular complexity index is 512. The van der Waals surface area contributed by atoms with Crippen molar-refractivity contribution in [2.24, 2.45) is 5.92 Å². The molecule has 0 aliphatic heterocycles. The number of carbonyl (C=O) groups is 2. The largest absolute Gasteiger partial charge is 0.478 e. The molecule has 1 amide bonds. The Morgan fingerprint density at radius 1 is 1.18 bits per heavy atom. The lowest BCUT2D eigenvalue weighted by atomic mass is 9.88. The number of amides is 1. The predicted octanol–water partition coefficient (Wildman–Crippen LogP) is 2.71. The van der Waals surface area contributed by atoms with E-state index in [4.69, 9.17) is 9.84 Å². The van der Waals surface area contributed by atoms with Gasteiger partial charge in [-0.1, -0.05) is 19.8 Å². The van der Waals surface area contributed by atoms with E-state index in [0.717, 1.165) is 6.42 Å². The molecule has 1 aromatic carbocycles. The van der Waals surface area contributed by atoms with Gasteiger partial charge < -0.3 is 15.2 Å². The van der Waals surface area contributed by atoms with E-state index >= 15 is 0 Å². The van der Waals surface area contributed by atoms with E-state index in [9.17, 15) is 9.59 Å². The number of hydrogen-bond acceptors (Lipinski definition) is 3. The summed E-state index contributed by atoms with van der Waals surface area (Å²) in [5.41, 5.74) is 0.627. The van der Waals surface area contributed by atoms with Crippen molar-refractivity contribution in [1.82, 2.24) is 5.32 Å². The van der Waals surface area contributed by atoms with Gasteiger partial charge in [-0.15, -0.1) is 0 Å². The third kappa shape index (κ3) is 4.56. The fourth-order valence-corrected chi connectivity index (χ4v) is 2.77. The SMILES string of the molecule is CC1CCCCC1OCCNC(=O)c1ccc(C(=O)O)cc1. The Kier molecular flexibility index (Phi) is 5.95. The molecule has 5 heteroatoms. The summed E-state index contributed by atoms with van der Waals surface area (Å²) in [6, 6.07) is 5.89. The summed E-state index contributed by atoms with van der Waals surface area (Å²) < 4.78 is 5.84. The third-order valence-corrected chi connectivity index (χ3v) is 4.15. The van der Waals surface area contributed by atoms with Crippen molar-refractivity contribution in [3.63, 3.8) is 0 Å². The molecule has 1 aromatic rings. The molecule has 0 aromatic heterocycles. The van der Waals surface area contributed by atoms with E-state index in [1.54, 1.807) is 0 Å². The van der Waals surface area contributed by atoms with Crippen LogP contribution in [0.25, 0.3) is 0 Å². The zero-order valence-electron chi connectivity index (χ0n) is 12.9. The zero-order chi connectivity index (χ0) is 15.9. The second-order valence-electron chi connectivity index (χ2n) is 5.81. The molecule has 0 heterocycles. The molecular weight excluding hydrogens is 282 g/mol. The van der Waals surface area contributed by atoms with Crippen molar-refractivity contribution in [1.29, 1.82) is 0 Å². The van der Waals surface area contributed by atoms with Gasteiger partial charge in [0.1, 0.15) is 0 Å². The van der Waals surface area contributed by atoms with Gasteiger partial charge in [-0.3, -0.25) is 4.79 Å². The molecule has 1 saturated carbocycles. The maximum Gasteiger partial charge on any atom is 0.335 e. The van der Waals surface area contributed by atoms with E-state index in [-0.39, 0.29) is 11.5 Å². The number of rotatable bonds is 6. The second-order valence-corrected chi connectivity index (χ2v) is 5.81. The first-order valence-corrected chi connectivity index (χ1v) is 7.81. The molecule has 1 fully saturated rings. The summed E-state index contributed by atoms with van der Waals surface area (Å²) in [6.07, 6.45) is 5.13. The molecule has 2 atom stereocenters. The molecule has 120 valence electrons. The van der Waals surface area contributed by atoms with Gasteiger partial charge in [0.15, 0.2) is 0 Å². The first-order valence-electron chi connectivity index (χ1n) is 7.81. The Morgan fingerprint density at radius 3 is 2.45 bits per heavy atom. The molecule has 1 aliphatic rings. The quantitative estimate of drug-likeness (QED) is 0.792. The van der Waals surface area contributed by atoms with E-state index in [0.29, 0.717) is 30.7 Å². The van der Waals surface area contributed by atoms with Crippen LogP contribution in [-0.2, 0) is 4.74 Å². The average molecular weight is 305 g/mol. The molecule has 5 nitrogen and oxygen atoms in total. The molecule has 2 N–H and O–H groups in total. The standard InChI is InChI=1S/C17H23NO4/c1-12-4-2-3-5-15(12)22-11-10-18-16(19)13-6-8-14(9-7-13)17(20)21/h6-9,12,15H,2-5,10-11H2,1H3,(H,18,19)(H,20,21). The maximum atomic E-state index is 11.9. The number of hydrogen-bond donors (Lipinski definition) is 2. The molecule has 0 radical (unpaired) electrons. The lowest BCUT2D eigenvalue weighted by Crippen LogP contribution is -2.31. The van der Waals surface area contributed by atoms with Crippen LogP contribution in [0.5, 0.6) is 0 Å². The number of nitrogens with one attached hydrogen (secondary N) is 1. The van der Waals surface area contributed by atoms with Crippen LogP contribution in [0.2, 0.25) is 0 Å². The third-order valence-electron chi connectivity index (χ3n) is 4.15. The van der Waals surface area contributed by atoms with Crippen LogP contribution in [0, 0.1) is 5.92 Å². The molecule has 0 saturated heterocycles. The minimum absolute atomic E-state index is 0.172. The Morgan fingerprint density at radius 2 is 1.82 bits per heavy atom.